The van der Waals surface area contributed by atoms with Gasteiger partial charge in [0.15, 0.2) is 0 Å². The van der Waals surface area contributed by atoms with Gasteiger partial charge in [-0.25, -0.2) is 5.01 Å². The molecular formula is C14H21N5S. The van der Waals surface area contributed by atoms with Gasteiger partial charge in [-0.1, -0.05) is 18.9 Å². The van der Waals surface area contributed by atoms with Crippen molar-refractivity contribution in [1.29, 1.82) is 0 Å². The predicted molar refractivity (Wildman–Crippen MR) is 85.5 cm³/mol. The molecule has 1 aromatic heterocycles. The van der Waals surface area contributed by atoms with Gasteiger partial charge in [0.25, 0.3) is 0 Å². The molecule has 1 fully saturated rings. The first-order valence-electron chi connectivity index (χ1n) is 7.02. The highest BCUT2D eigenvalue weighted by Crippen LogP contribution is 2.07. The lowest BCUT2D eigenvalue weighted by Gasteiger charge is -2.21. The summed E-state index contributed by atoms with van der Waals surface area (Å²) >= 11 is 5.22. The number of hydrazine groups is 1. The first kappa shape index (κ1) is 14.9. The van der Waals surface area contributed by atoms with Gasteiger partial charge in [-0.3, -0.25) is 15.8 Å². The normalized spacial score (nSPS) is 16.9. The van der Waals surface area contributed by atoms with E-state index in [2.05, 4.69) is 25.9 Å². The molecular weight excluding hydrogens is 270 g/mol. The quantitative estimate of drug-likeness (QED) is 0.507. The molecule has 0 spiro atoms. The number of hydrogen-bond donors (Lipinski definition) is 2. The molecule has 0 aliphatic carbocycles. The minimum absolute atomic E-state index is 0.524. The molecule has 0 aromatic carbocycles. The van der Waals surface area contributed by atoms with Crippen molar-refractivity contribution >= 4 is 23.5 Å². The van der Waals surface area contributed by atoms with Crippen LogP contribution in [-0.4, -0.2) is 34.4 Å². The van der Waals surface area contributed by atoms with Crippen LogP contribution in [0.25, 0.3) is 0 Å². The molecule has 2 rings (SSSR count). The highest BCUT2D eigenvalue weighted by molar-refractivity contribution is 7.80. The largest absolute Gasteiger partial charge is 0.294 e. The van der Waals surface area contributed by atoms with Gasteiger partial charge in [0.05, 0.1) is 11.9 Å². The SMILES string of the molecule is Cc1cccc(/C=N/NC(=S)NN2CCCCCC2)n1. The summed E-state index contributed by atoms with van der Waals surface area (Å²) in [5.41, 5.74) is 7.79. The molecule has 0 saturated carbocycles. The second-order valence-electron chi connectivity index (χ2n) is 4.92. The monoisotopic (exact) mass is 291 g/mol. The van der Waals surface area contributed by atoms with Gasteiger partial charge in [0.2, 0.25) is 5.11 Å². The standard InChI is InChI=1S/C14H21N5S/c1-12-7-6-8-13(16-12)11-15-17-14(20)18-19-9-4-2-3-5-10-19/h6-8,11H,2-5,9-10H2,1H3,(H2,17,18,20)/b15-11+. The van der Waals surface area contributed by atoms with Gasteiger partial charge in [-0.05, 0) is 44.1 Å². The van der Waals surface area contributed by atoms with Crippen LogP contribution in [0.2, 0.25) is 0 Å². The number of thiocarbonyl (C=S) groups is 1. The van der Waals surface area contributed by atoms with Gasteiger partial charge in [0, 0.05) is 18.8 Å². The molecule has 0 radical (unpaired) electrons. The Hall–Kier alpha value is -1.53. The smallest absolute Gasteiger partial charge is 0.201 e. The fourth-order valence-electron chi connectivity index (χ4n) is 2.14. The number of rotatable bonds is 3. The van der Waals surface area contributed by atoms with Gasteiger partial charge in [0.1, 0.15) is 0 Å². The van der Waals surface area contributed by atoms with E-state index in [9.17, 15) is 0 Å². The Kier molecular flexibility index (Phi) is 5.88. The molecule has 2 heterocycles. The molecule has 1 saturated heterocycles. The molecule has 1 aliphatic heterocycles. The topological polar surface area (TPSA) is 52.6 Å². The first-order chi connectivity index (χ1) is 9.74. The van der Waals surface area contributed by atoms with Crippen LogP contribution in [0.4, 0.5) is 0 Å². The number of nitrogens with one attached hydrogen (secondary N) is 2. The van der Waals surface area contributed by atoms with Crippen molar-refractivity contribution < 1.29 is 0 Å². The van der Waals surface area contributed by atoms with Crippen molar-refractivity contribution in [3.63, 3.8) is 0 Å². The van der Waals surface area contributed by atoms with Crippen LogP contribution < -0.4 is 10.9 Å². The summed E-state index contributed by atoms with van der Waals surface area (Å²) in [6.07, 6.45) is 6.70. The minimum Gasteiger partial charge on any atom is -0.294 e. The molecule has 0 unspecified atom stereocenters. The van der Waals surface area contributed by atoms with E-state index in [1.165, 1.54) is 25.7 Å². The lowest BCUT2D eigenvalue weighted by atomic mass is 10.2. The van der Waals surface area contributed by atoms with Crippen molar-refractivity contribution in [3.8, 4) is 0 Å². The van der Waals surface area contributed by atoms with Crippen LogP contribution in [0.1, 0.15) is 37.1 Å². The van der Waals surface area contributed by atoms with Gasteiger partial charge < -0.3 is 0 Å². The molecule has 2 N–H and O–H groups in total. The van der Waals surface area contributed by atoms with Crippen LogP contribution in [0, 0.1) is 6.92 Å². The fraction of sp³-hybridized carbons (Fsp3) is 0.500. The van der Waals surface area contributed by atoms with Crippen molar-refractivity contribution in [1.82, 2.24) is 20.8 Å². The third-order valence-corrected chi connectivity index (χ3v) is 3.32. The molecule has 6 heteroatoms. The van der Waals surface area contributed by atoms with Crippen LogP contribution >= 0.6 is 12.2 Å². The van der Waals surface area contributed by atoms with Gasteiger partial charge >= 0.3 is 0 Å². The van der Waals surface area contributed by atoms with Crippen molar-refractivity contribution in [3.05, 3.63) is 29.6 Å². The summed E-state index contributed by atoms with van der Waals surface area (Å²) in [6, 6.07) is 5.82. The molecule has 0 bridgehead atoms. The molecule has 20 heavy (non-hydrogen) atoms. The summed E-state index contributed by atoms with van der Waals surface area (Å²) < 4.78 is 0. The summed E-state index contributed by atoms with van der Waals surface area (Å²) in [6.45, 7) is 4.02. The Bertz CT molecular complexity index is 466. The van der Waals surface area contributed by atoms with E-state index in [4.69, 9.17) is 12.2 Å². The third kappa shape index (κ3) is 5.22. The summed E-state index contributed by atoms with van der Waals surface area (Å²) in [7, 11) is 0. The molecule has 1 aromatic rings. The minimum atomic E-state index is 0.524. The highest BCUT2D eigenvalue weighted by atomic mass is 32.1. The Morgan fingerprint density at radius 3 is 2.75 bits per heavy atom. The second kappa shape index (κ2) is 7.91. The lowest BCUT2D eigenvalue weighted by molar-refractivity contribution is 0.244. The first-order valence-corrected chi connectivity index (χ1v) is 7.43. The summed E-state index contributed by atoms with van der Waals surface area (Å²) in [5.74, 6) is 0. The van der Waals surface area contributed by atoms with E-state index in [-0.39, 0.29) is 0 Å². The molecule has 5 nitrogen and oxygen atoms in total. The maximum Gasteiger partial charge on any atom is 0.201 e. The number of aryl methyl sites for hydroxylation is 1. The van der Waals surface area contributed by atoms with Crippen molar-refractivity contribution in [2.75, 3.05) is 13.1 Å². The van der Waals surface area contributed by atoms with Crippen LogP contribution in [0.3, 0.4) is 0 Å². The second-order valence-corrected chi connectivity index (χ2v) is 5.32. The predicted octanol–water partition coefficient (Wildman–Crippen LogP) is 1.98. The molecule has 1 aliphatic rings. The van der Waals surface area contributed by atoms with E-state index in [1.807, 2.05) is 25.1 Å². The number of hydrogen-bond acceptors (Lipinski definition) is 4. The average Bonchev–Trinajstić information content (AvgIpc) is 2.67. The highest BCUT2D eigenvalue weighted by Gasteiger charge is 2.09. The molecule has 108 valence electrons. The number of pyridine rings is 1. The fourth-order valence-corrected chi connectivity index (χ4v) is 2.33. The van der Waals surface area contributed by atoms with E-state index in [0.29, 0.717) is 5.11 Å². The van der Waals surface area contributed by atoms with Gasteiger partial charge in [-0.15, -0.1) is 0 Å². The Morgan fingerprint density at radius 2 is 2.05 bits per heavy atom. The Labute approximate surface area is 125 Å². The van der Waals surface area contributed by atoms with E-state index in [0.717, 1.165) is 24.5 Å². The number of nitrogens with zero attached hydrogens (tertiary/aromatic N) is 3. The van der Waals surface area contributed by atoms with Crippen molar-refractivity contribution in [2.24, 2.45) is 5.10 Å². The lowest BCUT2D eigenvalue weighted by Crippen LogP contribution is -2.46. The molecule has 0 atom stereocenters. The Balaban J connectivity index is 1.76. The van der Waals surface area contributed by atoms with Crippen LogP contribution in [0.15, 0.2) is 23.3 Å². The Morgan fingerprint density at radius 1 is 1.30 bits per heavy atom. The number of aromatic nitrogens is 1. The van der Waals surface area contributed by atoms with E-state index < -0.39 is 0 Å². The zero-order valence-corrected chi connectivity index (χ0v) is 12.6. The average molecular weight is 291 g/mol. The maximum absolute atomic E-state index is 5.22. The summed E-state index contributed by atoms with van der Waals surface area (Å²) in [5, 5.41) is 6.78. The van der Waals surface area contributed by atoms with E-state index >= 15 is 0 Å². The van der Waals surface area contributed by atoms with Crippen LogP contribution in [-0.2, 0) is 0 Å². The van der Waals surface area contributed by atoms with Gasteiger partial charge in [-0.2, -0.15) is 5.10 Å². The molecule has 0 amide bonds. The van der Waals surface area contributed by atoms with E-state index in [1.54, 1.807) is 6.21 Å². The zero-order valence-electron chi connectivity index (χ0n) is 11.8. The van der Waals surface area contributed by atoms with Crippen LogP contribution in [0.5, 0.6) is 0 Å². The third-order valence-electron chi connectivity index (χ3n) is 3.14. The zero-order chi connectivity index (χ0) is 14.2. The maximum atomic E-state index is 5.22. The summed E-state index contributed by atoms with van der Waals surface area (Å²) in [4.78, 5) is 4.33. The number of hydrazone groups is 1. The van der Waals surface area contributed by atoms with Crippen molar-refractivity contribution in [2.45, 2.75) is 32.6 Å².